The Hall–Kier alpha value is -4.35. The summed E-state index contributed by atoms with van der Waals surface area (Å²) in [7, 11) is 1.63. The van der Waals surface area contributed by atoms with Gasteiger partial charge in [-0.05, 0) is 43.2 Å². The third-order valence-corrected chi connectivity index (χ3v) is 7.38. The van der Waals surface area contributed by atoms with Gasteiger partial charge in [-0.3, -0.25) is 14.4 Å². The van der Waals surface area contributed by atoms with E-state index in [0.717, 1.165) is 0 Å². The SMILES string of the molecule is Cc1cc(-c2cn(CC(=O)Nc3cc(N4CCOC[C@@H]4C)ncc3Cl)c3ccn(C)c(=O)c23)cc(C(N)=O)c1O. The molecule has 1 aliphatic rings. The maximum atomic E-state index is 13.2. The first-order valence-corrected chi connectivity index (χ1v) is 13.0. The molecule has 5 rings (SSSR count). The highest BCUT2D eigenvalue weighted by Crippen LogP contribution is 2.34. The highest BCUT2D eigenvalue weighted by atomic mass is 35.5. The number of halogens is 1. The number of carbonyl (C=O) groups excluding carboxylic acids is 2. The van der Waals surface area contributed by atoms with Gasteiger partial charge in [0.2, 0.25) is 5.91 Å². The van der Waals surface area contributed by atoms with Crippen molar-refractivity contribution in [2.75, 3.05) is 30.0 Å². The fraction of sp³-hybridized carbons (Fsp3) is 0.286. The van der Waals surface area contributed by atoms with Crippen molar-refractivity contribution in [1.82, 2.24) is 14.1 Å². The lowest BCUT2D eigenvalue weighted by Gasteiger charge is -2.34. The Bertz CT molecular complexity index is 1710. The molecule has 0 aliphatic carbocycles. The number of aromatic nitrogens is 3. The number of rotatable bonds is 6. The number of phenols is 1. The van der Waals surface area contributed by atoms with E-state index in [9.17, 15) is 19.5 Å². The molecule has 0 radical (unpaired) electrons. The van der Waals surface area contributed by atoms with Gasteiger partial charge in [-0.1, -0.05) is 11.6 Å². The predicted molar refractivity (Wildman–Crippen MR) is 153 cm³/mol. The van der Waals surface area contributed by atoms with E-state index in [1.54, 1.807) is 49.1 Å². The van der Waals surface area contributed by atoms with E-state index in [1.807, 2.05) is 6.92 Å². The molecule has 0 unspecified atom stereocenters. The normalized spacial score (nSPS) is 15.4. The number of fused-ring (bicyclic) bond motifs is 1. The lowest BCUT2D eigenvalue weighted by Crippen LogP contribution is -2.44. The number of pyridine rings is 2. The number of hydrogen-bond acceptors (Lipinski definition) is 7. The average molecular weight is 565 g/mol. The van der Waals surface area contributed by atoms with Crippen LogP contribution in [0, 0.1) is 6.92 Å². The second kappa shape index (κ2) is 10.7. The van der Waals surface area contributed by atoms with Crippen LogP contribution in [0.2, 0.25) is 5.02 Å². The second-order valence-corrected chi connectivity index (χ2v) is 10.3. The number of amides is 2. The molecule has 4 heterocycles. The number of primary amides is 1. The van der Waals surface area contributed by atoms with Gasteiger partial charge in [0.25, 0.3) is 11.5 Å². The Balaban J connectivity index is 1.50. The van der Waals surface area contributed by atoms with E-state index >= 15 is 0 Å². The smallest absolute Gasteiger partial charge is 0.260 e. The Morgan fingerprint density at radius 1 is 1.30 bits per heavy atom. The van der Waals surface area contributed by atoms with Gasteiger partial charge in [-0.25, -0.2) is 4.98 Å². The van der Waals surface area contributed by atoms with Gasteiger partial charge in [-0.15, -0.1) is 0 Å². The second-order valence-electron chi connectivity index (χ2n) is 9.90. The van der Waals surface area contributed by atoms with Crippen molar-refractivity contribution < 1.29 is 19.4 Å². The van der Waals surface area contributed by atoms with Gasteiger partial charge in [0.05, 0.1) is 52.6 Å². The molecule has 1 saturated heterocycles. The largest absolute Gasteiger partial charge is 0.507 e. The van der Waals surface area contributed by atoms with Crippen LogP contribution < -0.4 is 21.5 Å². The number of nitrogens with two attached hydrogens (primary N) is 1. The lowest BCUT2D eigenvalue weighted by molar-refractivity contribution is -0.116. The predicted octanol–water partition coefficient (Wildman–Crippen LogP) is 3.03. The molecule has 12 heteroatoms. The topological polar surface area (TPSA) is 145 Å². The molecule has 0 bridgehead atoms. The summed E-state index contributed by atoms with van der Waals surface area (Å²) in [6, 6.07) is 6.71. The molecule has 1 fully saturated rings. The van der Waals surface area contributed by atoms with E-state index in [0.29, 0.717) is 63.9 Å². The van der Waals surface area contributed by atoms with Crippen LogP contribution in [0.5, 0.6) is 5.75 Å². The van der Waals surface area contributed by atoms with Crippen LogP contribution in [0.15, 0.2) is 47.7 Å². The van der Waals surface area contributed by atoms with Crippen LogP contribution in [0.3, 0.4) is 0 Å². The molecule has 4 aromatic rings. The number of benzene rings is 1. The van der Waals surface area contributed by atoms with E-state index in [4.69, 9.17) is 22.1 Å². The zero-order valence-corrected chi connectivity index (χ0v) is 23.0. The van der Waals surface area contributed by atoms with E-state index in [-0.39, 0.29) is 35.4 Å². The monoisotopic (exact) mass is 564 g/mol. The Morgan fingerprint density at radius 2 is 2.08 bits per heavy atom. The Morgan fingerprint density at radius 3 is 2.80 bits per heavy atom. The van der Waals surface area contributed by atoms with Gasteiger partial charge in [0.1, 0.15) is 18.1 Å². The minimum atomic E-state index is -0.793. The van der Waals surface area contributed by atoms with Gasteiger partial charge in [0, 0.05) is 37.6 Å². The first-order valence-electron chi connectivity index (χ1n) is 12.7. The molecule has 0 saturated carbocycles. The molecule has 1 atom stereocenters. The van der Waals surface area contributed by atoms with Crippen LogP contribution in [0.1, 0.15) is 22.8 Å². The molecule has 3 aromatic heterocycles. The maximum absolute atomic E-state index is 13.2. The standard InChI is InChI=1S/C28H29ClN6O5/c1-15-8-17(9-18(26(15)37)27(30)38)19-12-34(22-4-5-33(3)28(39)25(19)22)13-24(36)32-21-10-23(31-11-20(21)29)35-6-7-40-14-16(35)2/h4-5,8-12,16,37H,6-7,13-14H2,1-3H3,(H2,30,38)(H,31,32,36)/t16-/m0/s1. The minimum absolute atomic E-state index is 0.0564. The Labute approximate surface area is 234 Å². The summed E-state index contributed by atoms with van der Waals surface area (Å²) in [5.41, 5.74) is 7.53. The van der Waals surface area contributed by atoms with E-state index in [1.165, 1.54) is 16.8 Å². The summed E-state index contributed by atoms with van der Waals surface area (Å²) in [5.74, 6) is -0.690. The number of anilines is 2. The van der Waals surface area contributed by atoms with Crippen LogP contribution >= 0.6 is 11.6 Å². The van der Waals surface area contributed by atoms with Crippen molar-refractivity contribution in [3.63, 3.8) is 0 Å². The Kier molecular flexibility index (Phi) is 7.26. The van der Waals surface area contributed by atoms with Crippen molar-refractivity contribution >= 4 is 45.8 Å². The average Bonchev–Trinajstić information content (AvgIpc) is 3.27. The summed E-state index contributed by atoms with van der Waals surface area (Å²) < 4.78 is 8.60. The molecule has 11 nitrogen and oxygen atoms in total. The number of nitrogens with zero attached hydrogens (tertiary/aromatic N) is 4. The number of nitrogens with one attached hydrogen (secondary N) is 1. The molecule has 1 aliphatic heterocycles. The molecular formula is C28H29ClN6O5. The molecule has 40 heavy (non-hydrogen) atoms. The number of aromatic hydroxyl groups is 1. The highest BCUT2D eigenvalue weighted by Gasteiger charge is 2.23. The maximum Gasteiger partial charge on any atom is 0.260 e. The number of morpholine rings is 1. The van der Waals surface area contributed by atoms with Crippen molar-refractivity contribution in [2.45, 2.75) is 26.4 Å². The lowest BCUT2D eigenvalue weighted by atomic mass is 9.99. The fourth-order valence-corrected chi connectivity index (χ4v) is 5.12. The molecule has 208 valence electrons. The summed E-state index contributed by atoms with van der Waals surface area (Å²) in [6.45, 7) is 5.39. The molecule has 0 spiro atoms. The third kappa shape index (κ3) is 5.01. The number of aryl methyl sites for hydroxylation is 2. The first-order chi connectivity index (χ1) is 19.0. The van der Waals surface area contributed by atoms with Crippen LogP contribution in [-0.2, 0) is 23.1 Å². The van der Waals surface area contributed by atoms with Gasteiger partial charge < -0.3 is 34.9 Å². The van der Waals surface area contributed by atoms with Crippen LogP contribution in [-0.4, -0.2) is 56.8 Å². The molecule has 4 N–H and O–H groups in total. The van der Waals surface area contributed by atoms with Crippen LogP contribution in [0.25, 0.3) is 22.0 Å². The summed E-state index contributed by atoms with van der Waals surface area (Å²) in [5, 5.41) is 13.8. The minimum Gasteiger partial charge on any atom is -0.507 e. The summed E-state index contributed by atoms with van der Waals surface area (Å²) >= 11 is 6.37. The highest BCUT2D eigenvalue weighted by molar-refractivity contribution is 6.33. The van der Waals surface area contributed by atoms with Crippen molar-refractivity contribution in [2.24, 2.45) is 12.8 Å². The first kappa shape index (κ1) is 27.2. The zero-order chi connectivity index (χ0) is 28.7. The van der Waals surface area contributed by atoms with E-state index < -0.39 is 5.91 Å². The van der Waals surface area contributed by atoms with Gasteiger partial charge in [0.15, 0.2) is 0 Å². The quantitative estimate of drug-likeness (QED) is 0.326. The van der Waals surface area contributed by atoms with Gasteiger partial charge in [-0.2, -0.15) is 0 Å². The molecular weight excluding hydrogens is 536 g/mol. The van der Waals surface area contributed by atoms with Crippen molar-refractivity contribution in [3.8, 4) is 16.9 Å². The fourth-order valence-electron chi connectivity index (χ4n) is 4.97. The summed E-state index contributed by atoms with van der Waals surface area (Å²) in [4.78, 5) is 44.9. The summed E-state index contributed by atoms with van der Waals surface area (Å²) in [6.07, 6.45) is 4.80. The number of hydrogen-bond donors (Lipinski definition) is 3. The number of ether oxygens (including phenoxy) is 1. The van der Waals surface area contributed by atoms with Crippen LogP contribution in [0.4, 0.5) is 11.5 Å². The van der Waals surface area contributed by atoms with Gasteiger partial charge >= 0.3 is 0 Å². The van der Waals surface area contributed by atoms with Crippen molar-refractivity contribution in [1.29, 1.82) is 0 Å². The van der Waals surface area contributed by atoms with Crippen molar-refractivity contribution in [3.05, 3.63) is 69.4 Å². The zero-order valence-electron chi connectivity index (χ0n) is 22.3. The third-order valence-electron chi connectivity index (χ3n) is 7.08. The number of carbonyl (C=O) groups is 2. The molecule has 2 amide bonds. The van der Waals surface area contributed by atoms with E-state index in [2.05, 4.69) is 15.2 Å². The molecule has 1 aromatic carbocycles.